The lowest BCUT2D eigenvalue weighted by Crippen LogP contribution is -2.43. The summed E-state index contributed by atoms with van der Waals surface area (Å²) < 4.78 is 16.4. The number of fused-ring (bicyclic) bond motifs is 1. The Bertz CT molecular complexity index is 934. The van der Waals surface area contributed by atoms with Crippen molar-refractivity contribution < 1.29 is 23.8 Å². The van der Waals surface area contributed by atoms with Crippen molar-refractivity contribution in [3.8, 4) is 17.2 Å². The molecular formula is C22H23ClN2O5. The smallest absolute Gasteiger partial charge is 0.263 e. The van der Waals surface area contributed by atoms with Gasteiger partial charge in [-0.3, -0.25) is 9.59 Å². The number of amides is 2. The molecule has 2 aromatic carbocycles. The standard InChI is InChI=1S/C22H23ClN2O5/c1-15(30-18-6-4-17(23)5-7-18)21(26)24-9-2-10-25(12-11-24)22(27)16-3-8-19-20(13-16)29-14-28-19/h3-8,13,15H,2,9-12,14H2,1H3. The third kappa shape index (κ3) is 4.46. The van der Waals surface area contributed by atoms with Crippen LogP contribution in [0.5, 0.6) is 17.2 Å². The van der Waals surface area contributed by atoms with E-state index in [9.17, 15) is 9.59 Å². The fraction of sp³-hybridized carbons (Fsp3) is 0.364. The normalized spacial score (nSPS) is 16.7. The number of rotatable bonds is 4. The molecule has 2 aromatic rings. The van der Waals surface area contributed by atoms with Gasteiger partial charge in [0.15, 0.2) is 17.6 Å². The van der Waals surface area contributed by atoms with Crippen molar-refractivity contribution in [3.05, 3.63) is 53.1 Å². The summed E-state index contributed by atoms with van der Waals surface area (Å²) in [5.74, 6) is 1.65. The fourth-order valence-corrected chi connectivity index (χ4v) is 3.70. The first-order valence-electron chi connectivity index (χ1n) is 9.91. The number of ether oxygens (including phenoxy) is 3. The van der Waals surface area contributed by atoms with Crippen LogP contribution in [0, 0.1) is 0 Å². The highest BCUT2D eigenvalue weighted by Gasteiger charge is 2.27. The second-order valence-corrected chi connectivity index (χ2v) is 7.69. The van der Waals surface area contributed by atoms with Gasteiger partial charge in [-0.2, -0.15) is 0 Å². The number of carbonyl (C=O) groups is 2. The first kappa shape index (κ1) is 20.3. The van der Waals surface area contributed by atoms with E-state index in [1.807, 2.05) is 0 Å². The average molecular weight is 431 g/mol. The van der Waals surface area contributed by atoms with Gasteiger partial charge in [0.05, 0.1) is 0 Å². The molecule has 0 aromatic heterocycles. The Morgan fingerprint density at radius 1 is 0.967 bits per heavy atom. The molecule has 1 atom stereocenters. The summed E-state index contributed by atoms with van der Waals surface area (Å²) in [6.45, 7) is 4.00. The van der Waals surface area contributed by atoms with E-state index in [1.54, 1.807) is 59.2 Å². The molecule has 0 N–H and O–H groups in total. The van der Waals surface area contributed by atoms with Crippen LogP contribution in [0.15, 0.2) is 42.5 Å². The molecule has 8 heteroatoms. The molecule has 2 aliphatic rings. The Labute approximate surface area is 180 Å². The highest BCUT2D eigenvalue weighted by Crippen LogP contribution is 2.32. The fourth-order valence-electron chi connectivity index (χ4n) is 3.58. The van der Waals surface area contributed by atoms with Crippen LogP contribution >= 0.6 is 11.6 Å². The summed E-state index contributed by atoms with van der Waals surface area (Å²) in [5.41, 5.74) is 0.554. The van der Waals surface area contributed by atoms with E-state index in [-0.39, 0.29) is 18.6 Å². The van der Waals surface area contributed by atoms with E-state index in [4.69, 9.17) is 25.8 Å². The topological polar surface area (TPSA) is 68.3 Å². The van der Waals surface area contributed by atoms with Crippen LogP contribution in [0.3, 0.4) is 0 Å². The number of benzene rings is 2. The summed E-state index contributed by atoms with van der Waals surface area (Å²) >= 11 is 5.89. The van der Waals surface area contributed by atoms with Gasteiger partial charge < -0.3 is 24.0 Å². The van der Waals surface area contributed by atoms with Crippen LogP contribution in [0.4, 0.5) is 0 Å². The van der Waals surface area contributed by atoms with Crippen LogP contribution in [0.25, 0.3) is 0 Å². The summed E-state index contributed by atoms with van der Waals surface area (Å²) in [4.78, 5) is 29.3. The molecule has 2 heterocycles. The van der Waals surface area contributed by atoms with Crippen molar-refractivity contribution in [2.45, 2.75) is 19.4 Å². The summed E-state index contributed by atoms with van der Waals surface area (Å²) in [6.07, 6.45) is 0.0812. The predicted molar refractivity (Wildman–Crippen MR) is 111 cm³/mol. The molecule has 0 radical (unpaired) electrons. The quantitative estimate of drug-likeness (QED) is 0.745. The first-order valence-corrected chi connectivity index (χ1v) is 10.3. The Balaban J connectivity index is 1.35. The minimum absolute atomic E-state index is 0.0759. The maximum Gasteiger partial charge on any atom is 0.263 e. The van der Waals surface area contributed by atoms with Crippen molar-refractivity contribution in [1.29, 1.82) is 0 Å². The largest absolute Gasteiger partial charge is 0.481 e. The summed E-state index contributed by atoms with van der Waals surface area (Å²) in [6, 6.07) is 12.1. The van der Waals surface area contributed by atoms with Gasteiger partial charge in [0.1, 0.15) is 5.75 Å². The van der Waals surface area contributed by atoms with Gasteiger partial charge in [-0.25, -0.2) is 0 Å². The second kappa shape index (κ2) is 8.83. The minimum Gasteiger partial charge on any atom is -0.481 e. The lowest BCUT2D eigenvalue weighted by Gasteiger charge is -2.25. The molecule has 0 bridgehead atoms. The molecule has 0 saturated carbocycles. The van der Waals surface area contributed by atoms with E-state index < -0.39 is 6.10 Å². The highest BCUT2D eigenvalue weighted by atomic mass is 35.5. The molecule has 4 rings (SSSR count). The highest BCUT2D eigenvalue weighted by molar-refractivity contribution is 6.30. The average Bonchev–Trinajstić information content (AvgIpc) is 3.09. The number of halogens is 1. The third-order valence-corrected chi connectivity index (χ3v) is 5.44. The van der Waals surface area contributed by atoms with Gasteiger partial charge in [0, 0.05) is 36.8 Å². The maximum atomic E-state index is 12.9. The van der Waals surface area contributed by atoms with E-state index in [0.29, 0.717) is 60.4 Å². The molecule has 1 unspecified atom stereocenters. The molecular weight excluding hydrogens is 408 g/mol. The van der Waals surface area contributed by atoms with Gasteiger partial charge in [-0.05, 0) is 55.8 Å². The van der Waals surface area contributed by atoms with Gasteiger partial charge >= 0.3 is 0 Å². The second-order valence-electron chi connectivity index (χ2n) is 7.25. The van der Waals surface area contributed by atoms with Crippen LogP contribution < -0.4 is 14.2 Å². The number of nitrogens with zero attached hydrogens (tertiary/aromatic N) is 2. The monoisotopic (exact) mass is 430 g/mol. The molecule has 1 saturated heterocycles. The third-order valence-electron chi connectivity index (χ3n) is 5.19. The van der Waals surface area contributed by atoms with Gasteiger partial charge in [0.2, 0.25) is 6.79 Å². The minimum atomic E-state index is -0.623. The number of hydrogen-bond acceptors (Lipinski definition) is 5. The molecule has 1 fully saturated rings. The SMILES string of the molecule is CC(Oc1ccc(Cl)cc1)C(=O)N1CCCN(C(=O)c2ccc3c(c2)OCO3)CC1. The molecule has 2 aliphatic heterocycles. The van der Waals surface area contributed by atoms with Crippen molar-refractivity contribution in [3.63, 3.8) is 0 Å². The van der Waals surface area contributed by atoms with Crippen LogP contribution in [-0.4, -0.2) is 60.7 Å². The Morgan fingerprint density at radius 2 is 1.67 bits per heavy atom. The Morgan fingerprint density at radius 3 is 2.47 bits per heavy atom. The molecule has 158 valence electrons. The number of carbonyl (C=O) groups excluding carboxylic acids is 2. The summed E-state index contributed by atoms with van der Waals surface area (Å²) in [7, 11) is 0. The van der Waals surface area contributed by atoms with Crippen LogP contribution in [0.2, 0.25) is 5.02 Å². The van der Waals surface area contributed by atoms with Crippen LogP contribution in [0.1, 0.15) is 23.7 Å². The van der Waals surface area contributed by atoms with E-state index in [1.165, 1.54) is 0 Å². The van der Waals surface area contributed by atoms with Gasteiger partial charge in [-0.15, -0.1) is 0 Å². The van der Waals surface area contributed by atoms with E-state index >= 15 is 0 Å². The Hall–Kier alpha value is -2.93. The van der Waals surface area contributed by atoms with E-state index in [0.717, 1.165) is 0 Å². The number of hydrogen-bond donors (Lipinski definition) is 0. The van der Waals surface area contributed by atoms with Crippen molar-refractivity contribution >= 4 is 23.4 Å². The maximum absolute atomic E-state index is 12.9. The van der Waals surface area contributed by atoms with Gasteiger partial charge in [0.25, 0.3) is 11.8 Å². The predicted octanol–water partition coefficient (Wildman–Crippen LogP) is 3.21. The molecule has 2 amide bonds. The molecule has 0 spiro atoms. The molecule has 30 heavy (non-hydrogen) atoms. The zero-order chi connectivity index (χ0) is 21.1. The zero-order valence-corrected chi connectivity index (χ0v) is 17.4. The summed E-state index contributed by atoms with van der Waals surface area (Å²) in [5, 5.41) is 0.612. The molecule has 0 aliphatic carbocycles. The van der Waals surface area contributed by atoms with Crippen molar-refractivity contribution in [2.75, 3.05) is 33.0 Å². The zero-order valence-electron chi connectivity index (χ0n) is 16.7. The van der Waals surface area contributed by atoms with Crippen LogP contribution in [-0.2, 0) is 4.79 Å². The van der Waals surface area contributed by atoms with E-state index in [2.05, 4.69) is 0 Å². The first-order chi connectivity index (χ1) is 14.5. The van der Waals surface area contributed by atoms with Gasteiger partial charge in [-0.1, -0.05) is 11.6 Å². The lowest BCUT2D eigenvalue weighted by atomic mass is 10.1. The molecule has 7 nitrogen and oxygen atoms in total. The Kier molecular flexibility index (Phi) is 5.99. The van der Waals surface area contributed by atoms with Crippen molar-refractivity contribution in [1.82, 2.24) is 9.80 Å². The lowest BCUT2D eigenvalue weighted by molar-refractivity contribution is -0.137. The van der Waals surface area contributed by atoms with Crippen molar-refractivity contribution in [2.24, 2.45) is 0 Å².